The van der Waals surface area contributed by atoms with E-state index in [1.807, 2.05) is 0 Å². The number of nitrogens with one attached hydrogen (secondary N) is 1. The van der Waals surface area contributed by atoms with Crippen LogP contribution in [0.15, 0.2) is 34.5 Å². The van der Waals surface area contributed by atoms with E-state index in [9.17, 15) is 21.6 Å². The summed E-state index contributed by atoms with van der Waals surface area (Å²) in [6.07, 6.45) is -4.46. The Bertz CT molecular complexity index is 724. The van der Waals surface area contributed by atoms with Gasteiger partial charge in [-0.1, -0.05) is 12.1 Å². The molecule has 21 heavy (non-hydrogen) atoms. The normalized spacial score (nSPS) is 12.4. The predicted molar refractivity (Wildman–Crippen MR) is 72.3 cm³/mol. The largest absolute Gasteiger partial charge is 0.434 e. The molecule has 0 aliphatic carbocycles. The number of anilines is 1. The van der Waals surface area contributed by atoms with Gasteiger partial charge in [0, 0.05) is 11.9 Å². The van der Waals surface area contributed by atoms with Gasteiger partial charge in [-0.3, -0.25) is 0 Å². The molecular weight excluding hydrogens is 327 g/mol. The lowest BCUT2D eigenvalue weighted by atomic mass is 10.2. The summed E-state index contributed by atoms with van der Waals surface area (Å²) in [6.45, 7) is 0.218. The molecule has 0 aliphatic heterocycles. The molecule has 0 bridgehead atoms. The van der Waals surface area contributed by atoms with Crippen LogP contribution in [-0.2, 0) is 22.7 Å². The number of sulfonamides is 1. The number of hydrogen-bond donors (Lipinski definition) is 2. The van der Waals surface area contributed by atoms with Crippen LogP contribution in [0.4, 0.5) is 18.3 Å². The Morgan fingerprint density at radius 3 is 2.33 bits per heavy atom. The predicted octanol–water partition coefficient (Wildman–Crippen LogP) is 2.42. The van der Waals surface area contributed by atoms with Gasteiger partial charge in [-0.2, -0.15) is 13.2 Å². The Morgan fingerprint density at radius 2 is 1.86 bits per heavy atom. The zero-order valence-corrected chi connectivity index (χ0v) is 12.0. The van der Waals surface area contributed by atoms with E-state index >= 15 is 0 Å². The number of primary sulfonamides is 1. The van der Waals surface area contributed by atoms with Gasteiger partial charge in [-0.15, -0.1) is 11.3 Å². The minimum Gasteiger partial charge on any atom is -0.357 e. The molecule has 0 radical (unpaired) electrons. The highest BCUT2D eigenvalue weighted by Gasteiger charge is 2.33. The second-order valence-corrected chi connectivity index (χ2v) is 6.50. The van der Waals surface area contributed by atoms with Crippen molar-refractivity contribution in [2.45, 2.75) is 17.6 Å². The summed E-state index contributed by atoms with van der Waals surface area (Å²) >= 11 is 0.845. The van der Waals surface area contributed by atoms with Gasteiger partial charge in [0.05, 0.1) is 4.90 Å². The van der Waals surface area contributed by atoms with E-state index in [4.69, 9.17) is 5.14 Å². The first-order valence-corrected chi connectivity index (χ1v) is 7.97. The van der Waals surface area contributed by atoms with E-state index in [1.54, 1.807) is 0 Å². The molecule has 10 heteroatoms. The number of thiazole rings is 1. The van der Waals surface area contributed by atoms with E-state index in [0.29, 0.717) is 5.56 Å². The molecule has 114 valence electrons. The maximum Gasteiger partial charge on any atom is 0.434 e. The smallest absolute Gasteiger partial charge is 0.357 e. The van der Waals surface area contributed by atoms with E-state index in [2.05, 4.69) is 10.3 Å². The van der Waals surface area contributed by atoms with Crippen molar-refractivity contribution in [2.24, 2.45) is 5.14 Å². The second kappa shape index (κ2) is 5.62. The number of hydrogen-bond acceptors (Lipinski definition) is 5. The van der Waals surface area contributed by atoms with Crippen LogP contribution in [-0.4, -0.2) is 13.4 Å². The maximum atomic E-state index is 12.4. The van der Waals surface area contributed by atoms with Crippen molar-refractivity contribution in [3.05, 3.63) is 40.9 Å². The molecule has 1 heterocycles. The zero-order chi connectivity index (χ0) is 15.7. The molecule has 2 rings (SSSR count). The van der Waals surface area contributed by atoms with Crippen molar-refractivity contribution >= 4 is 26.5 Å². The fourth-order valence-electron chi connectivity index (χ4n) is 1.46. The van der Waals surface area contributed by atoms with Crippen LogP contribution in [0, 0.1) is 0 Å². The molecule has 3 N–H and O–H groups in total. The van der Waals surface area contributed by atoms with Gasteiger partial charge in [0.25, 0.3) is 0 Å². The van der Waals surface area contributed by atoms with Crippen molar-refractivity contribution in [1.29, 1.82) is 0 Å². The minimum atomic E-state index is -4.46. The summed E-state index contributed by atoms with van der Waals surface area (Å²) in [4.78, 5) is 3.39. The van der Waals surface area contributed by atoms with Crippen molar-refractivity contribution in [1.82, 2.24) is 4.98 Å². The number of rotatable bonds is 4. The molecular formula is C11H10F3N3O2S2. The monoisotopic (exact) mass is 337 g/mol. The molecule has 2 aromatic rings. The van der Waals surface area contributed by atoms with Crippen LogP contribution in [0.3, 0.4) is 0 Å². The molecule has 1 aromatic heterocycles. The number of halogens is 3. The van der Waals surface area contributed by atoms with E-state index in [1.165, 1.54) is 24.3 Å². The highest BCUT2D eigenvalue weighted by atomic mass is 32.2. The van der Waals surface area contributed by atoms with Crippen molar-refractivity contribution < 1.29 is 21.6 Å². The molecule has 0 amide bonds. The summed E-state index contributed by atoms with van der Waals surface area (Å²) in [5.41, 5.74) is -0.259. The minimum absolute atomic E-state index is 0.0279. The van der Waals surface area contributed by atoms with E-state index in [0.717, 1.165) is 16.7 Å². The molecule has 1 aromatic carbocycles. The van der Waals surface area contributed by atoms with Gasteiger partial charge in [0.15, 0.2) is 10.8 Å². The van der Waals surface area contributed by atoms with Gasteiger partial charge >= 0.3 is 6.18 Å². The molecule has 0 aliphatic rings. The fourth-order valence-corrected chi connectivity index (χ4v) is 2.69. The molecule has 0 fully saturated rings. The SMILES string of the molecule is NS(=O)(=O)c1ccc(CNc2nc(C(F)(F)F)cs2)cc1. The van der Waals surface area contributed by atoms with E-state index < -0.39 is 21.9 Å². The fraction of sp³-hybridized carbons (Fsp3) is 0.182. The molecule has 0 saturated carbocycles. The Morgan fingerprint density at radius 1 is 1.24 bits per heavy atom. The summed E-state index contributed by atoms with van der Waals surface area (Å²) in [6, 6.07) is 5.70. The lowest BCUT2D eigenvalue weighted by molar-refractivity contribution is -0.140. The summed E-state index contributed by atoms with van der Waals surface area (Å²) in [7, 11) is -3.76. The molecule has 0 unspecified atom stereocenters. The van der Waals surface area contributed by atoms with Crippen LogP contribution in [0.5, 0.6) is 0 Å². The Labute approximate surface area is 122 Å². The highest BCUT2D eigenvalue weighted by Crippen LogP contribution is 2.31. The van der Waals surface area contributed by atoms with Crippen molar-refractivity contribution in [3.63, 3.8) is 0 Å². The number of benzene rings is 1. The van der Waals surface area contributed by atoms with Crippen molar-refractivity contribution in [3.8, 4) is 0 Å². The average molecular weight is 337 g/mol. The highest BCUT2D eigenvalue weighted by molar-refractivity contribution is 7.89. The summed E-state index contributed by atoms with van der Waals surface area (Å²) < 4.78 is 59.2. The van der Waals surface area contributed by atoms with Gasteiger partial charge < -0.3 is 5.32 Å². The molecule has 5 nitrogen and oxygen atoms in total. The quantitative estimate of drug-likeness (QED) is 0.897. The summed E-state index contributed by atoms with van der Waals surface area (Å²) in [5, 5.41) is 8.76. The standard InChI is InChI=1S/C11H10F3N3O2S2/c12-11(13,14)9-6-20-10(17-9)16-5-7-1-3-8(4-2-7)21(15,18)19/h1-4,6H,5H2,(H,16,17)(H2,15,18,19). The number of nitrogens with two attached hydrogens (primary N) is 1. The third-order valence-electron chi connectivity index (χ3n) is 2.49. The topological polar surface area (TPSA) is 85.1 Å². The maximum absolute atomic E-state index is 12.4. The van der Waals surface area contributed by atoms with Gasteiger partial charge in [0.2, 0.25) is 10.0 Å². The second-order valence-electron chi connectivity index (χ2n) is 4.08. The van der Waals surface area contributed by atoms with Gasteiger partial charge in [0.1, 0.15) is 0 Å². The lowest BCUT2D eigenvalue weighted by Gasteiger charge is -2.04. The van der Waals surface area contributed by atoms with Crippen LogP contribution >= 0.6 is 11.3 Å². The van der Waals surface area contributed by atoms with Crippen LogP contribution in [0.2, 0.25) is 0 Å². The third-order valence-corrected chi connectivity index (χ3v) is 4.22. The van der Waals surface area contributed by atoms with Crippen molar-refractivity contribution in [2.75, 3.05) is 5.32 Å². The zero-order valence-electron chi connectivity index (χ0n) is 10.4. The third kappa shape index (κ3) is 4.16. The molecule has 0 saturated heterocycles. The lowest BCUT2D eigenvalue weighted by Crippen LogP contribution is -2.12. The molecule has 0 spiro atoms. The van der Waals surface area contributed by atoms with Crippen LogP contribution < -0.4 is 10.5 Å². The first-order chi connectivity index (χ1) is 9.66. The number of alkyl halides is 3. The Balaban J connectivity index is 2.02. The van der Waals surface area contributed by atoms with E-state index in [-0.39, 0.29) is 16.6 Å². The number of nitrogens with zero attached hydrogens (tertiary/aromatic N) is 1. The summed E-state index contributed by atoms with van der Waals surface area (Å²) in [5.74, 6) is 0. The van der Waals surface area contributed by atoms with Gasteiger partial charge in [-0.05, 0) is 17.7 Å². The van der Waals surface area contributed by atoms with Crippen LogP contribution in [0.25, 0.3) is 0 Å². The Kier molecular flexibility index (Phi) is 4.21. The van der Waals surface area contributed by atoms with Gasteiger partial charge in [-0.25, -0.2) is 18.5 Å². The first-order valence-electron chi connectivity index (χ1n) is 5.54. The Hall–Kier alpha value is -1.65. The van der Waals surface area contributed by atoms with Crippen LogP contribution in [0.1, 0.15) is 11.3 Å². The molecule has 0 atom stereocenters. The average Bonchev–Trinajstić information content (AvgIpc) is 2.84. The first kappa shape index (κ1) is 15.7. The number of aromatic nitrogens is 1.